The van der Waals surface area contributed by atoms with Gasteiger partial charge in [-0.05, 0) is 36.4 Å². The van der Waals surface area contributed by atoms with Gasteiger partial charge < -0.3 is 15.6 Å². The number of rotatable bonds is 4. The van der Waals surface area contributed by atoms with Crippen LogP contribution in [0.15, 0.2) is 47.6 Å². The van der Waals surface area contributed by atoms with Gasteiger partial charge >= 0.3 is 0 Å². The van der Waals surface area contributed by atoms with Gasteiger partial charge in [0.25, 0.3) is 15.9 Å². The van der Waals surface area contributed by atoms with Crippen LogP contribution in [0.4, 0.5) is 5.82 Å². The van der Waals surface area contributed by atoms with Crippen molar-refractivity contribution >= 4 is 44.3 Å². The molecule has 0 saturated carbocycles. The van der Waals surface area contributed by atoms with Gasteiger partial charge in [0, 0.05) is 60.6 Å². The second-order valence-corrected chi connectivity index (χ2v) is 8.86. The summed E-state index contributed by atoms with van der Waals surface area (Å²) < 4.78 is 25.7. The summed E-state index contributed by atoms with van der Waals surface area (Å²) in [4.78, 5) is 22.5. The van der Waals surface area contributed by atoms with E-state index >= 15 is 0 Å². The number of aromatic nitrogens is 2. The number of H-pyrrole nitrogens is 1. The zero-order valence-electron chi connectivity index (χ0n) is 16.0. The molecule has 3 aromatic rings. The maximum absolute atomic E-state index is 12.9. The predicted molar refractivity (Wildman–Crippen MR) is 114 cm³/mol. The lowest BCUT2D eigenvalue weighted by atomic mass is 10.1. The van der Waals surface area contributed by atoms with E-state index in [2.05, 4.69) is 25.4 Å². The summed E-state index contributed by atoms with van der Waals surface area (Å²) in [6.07, 6.45) is 5.14. The molecule has 2 aliphatic heterocycles. The molecule has 9 nitrogen and oxygen atoms in total. The number of fused-ring (bicyclic) bond motifs is 2. The van der Waals surface area contributed by atoms with Crippen molar-refractivity contribution in [1.29, 1.82) is 0 Å². The quantitative estimate of drug-likeness (QED) is 0.467. The van der Waals surface area contributed by atoms with Crippen molar-refractivity contribution in [2.75, 3.05) is 31.5 Å². The summed E-state index contributed by atoms with van der Waals surface area (Å²) in [6.45, 7) is 2.67. The fourth-order valence-corrected chi connectivity index (χ4v) is 4.85. The van der Waals surface area contributed by atoms with Crippen LogP contribution in [0, 0.1) is 0 Å². The molecule has 5 rings (SSSR count). The summed E-state index contributed by atoms with van der Waals surface area (Å²) in [6, 6.07) is 8.53. The number of amides is 1. The number of carbonyl (C=O) groups is 1. The molecule has 154 valence electrons. The van der Waals surface area contributed by atoms with Crippen molar-refractivity contribution in [2.45, 2.75) is 4.90 Å². The van der Waals surface area contributed by atoms with E-state index in [-0.39, 0.29) is 10.8 Å². The average Bonchev–Trinajstić information content (AvgIpc) is 3.29. The van der Waals surface area contributed by atoms with Gasteiger partial charge in [0.1, 0.15) is 5.82 Å². The normalized spacial score (nSPS) is 18.7. The molecule has 0 radical (unpaired) electrons. The molecule has 4 heterocycles. The second-order valence-electron chi connectivity index (χ2n) is 7.19. The number of aromatic amines is 1. The SMILES string of the molecule is O=C1Nc2ncccc2C1=Cc1c[nH]c2ccc(S(=O)(=O)NN3CCNCC3)cc12. The lowest BCUT2D eigenvalue weighted by Crippen LogP contribution is -2.52. The minimum Gasteiger partial charge on any atom is -0.361 e. The zero-order valence-corrected chi connectivity index (χ0v) is 16.8. The molecule has 2 aromatic heterocycles. The Bertz CT molecular complexity index is 1270. The Balaban J connectivity index is 1.52. The molecule has 0 spiro atoms. The molecule has 0 atom stereocenters. The fourth-order valence-electron chi connectivity index (χ4n) is 3.70. The fraction of sp³-hybridized carbons (Fsp3) is 0.200. The highest BCUT2D eigenvalue weighted by Crippen LogP contribution is 2.33. The molecule has 30 heavy (non-hydrogen) atoms. The molecule has 0 unspecified atom stereocenters. The van der Waals surface area contributed by atoms with Gasteiger partial charge in [-0.25, -0.2) is 18.4 Å². The summed E-state index contributed by atoms with van der Waals surface area (Å²) in [5.41, 5.74) is 2.73. The summed E-state index contributed by atoms with van der Waals surface area (Å²) in [5.74, 6) is 0.291. The van der Waals surface area contributed by atoms with Crippen molar-refractivity contribution in [3.63, 3.8) is 0 Å². The van der Waals surface area contributed by atoms with Crippen LogP contribution in [-0.2, 0) is 14.8 Å². The van der Waals surface area contributed by atoms with Gasteiger partial charge in [-0.15, -0.1) is 4.83 Å². The topological polar surface area (TPSA) is 119 Å². The average molecular weight is 424 g/mol. The molecule has 2 aliphatic rings. The third kappa shape index (κ3) is 3.39. The Labute approximate surface area is 173 Å². The molecule has 1 saturated heterocycles. The molecule has 1 amide bonds. The molecule has 0 aliphatic carbocycles. The highest BCUT2D eigenvalue weighted by molar-refractivity contribution is 7.89. The Morgan fingerprint density at radius 3 is 2.83 bits per heavy atom. The number of anilines is 1. The Hall–Kier alpha value is -3.05. The van der Waals surface area contributed by atoms with Crippen LogP contribution in [0.25, 0.3) is 22.6 Å². The second kappa shape index (κ2) is 7.33. The van der Waals surface area contributed by atoms with E-state index in [9.17, 15) is 13.2 Å². The monoisotopic (exact) mass is 424 g/mol. The molecular formula is C20H20N6O3S. The van der Waals surface area contributed by atoms with E-state index in [0.29, 0.717) is 24.5 Å². The third-order valence-corrected chi connectivity index (χ3v) is 6.61. The van der Waals surface area contributed by atoms with E-state index in [1.807, 2.05) is 6.07 Å². The van der Waals surface area contributed by atoms with Gasteiger partial charge in [0.15, 0.2) is 0 Å². The van der Waals surface area contributed by atoms with E-state index in [1.165, 1.54) is 0 Å². The van der Waals surface area contributed by atoms with Crippen LogP contribution in [0.1, 0.15) is 11.1 Å². The summed E-state index contributed by atoms with van der Waals surface area (Å²) in [7, 11) is -3.71. The molecule has 1 aromatic carbocycles. The number of sulfonamides is 1. The first-order valence-corrected chi connectivity index (χ1v) is 11.1. The maximum Gasteiger partial charge on any atom is 0.257 e. The lowest BCUT2D eigenvalue weighted by molar-refractivity contribution is -0.110. The van der Waals surface area contributed by atoms with Crippen molar-refractivity contribution in [1.82, 2.24) is 25.1 Å². The predicted octanol–water partition coefficient (Wildman–Crippen LogP) is 1.15. The molecule has 0 bridgehead atoms. The van der Waals surface area contributed by atoms with Gasteiger partial charge in [0.05, 0.1) is 10.5 Å². The standard InChI is InChI=1S/C20H20N6O3S/c27-20-17(15-2-1-5-22-19(15)24-20)10-13-12-23-18-4-3-14(11-16(13)18)30(28,29)25-26-8-6-21-7-9-26/h1-5,10-12,21,23,25H,6-9H2,(H,22,24,27). The Morgan fingerprint density at radius 2 is 2.00 bits per heavy atom. The molecular weight excluding hydrogens is 404 g/mol. The first-order chi connectivity index (χ1) is 14.5. The Kier molecular flexibility index (Phi) is 4.63. The van der Waals surface area contributed by atoms with Crippen LogP contribution in [0.5, 0.6) is 0 Å². The number of hydrogen-bond acceptors (Lipinski definition) is 6. The van der Waals surface area contributed by atoms with Gasteiger partial charge in [-0.2, -0.15) is 0 Å². The van der Waals surface area contributed by atoms with E-state index in [4.69, 9.17) is 0 Å². The highest BCUT2D eigenvalue weighted by atomic mass is 32.2. The first-order valence-electron chi connectivity index (χ1n) is 9.59. The van der Waals surface area contributed by atoms with Crippen LogP contribution < -0.4 is 15.5 Å². The number of pyridine rings is 1. The van der Waals surface area contributed by atoms with E-state index < -0.39 is 10.0 Å². The number of nitrogens with one attached hydrogen (secondary N) is 4. The van der Waals surface area contributed by atoms with E-state index in [0.717, 1.165) is 35.1 Å². The summed E-state index contributed by atoms with van der Waals surface area (Å²) >= 11 is 0. The van der Waals surface area contributed by atoms with Crippen LogP contribution in [-0.4, -0.2) is 55.5 Å². The minimum atomic E-state index is -3.71. The highest BCUT2D eigenvalue weighted by Gasteiger charge is 2.25. The Morgan fingerprint density at radius 1 is 1.17 bits per heavy atom. The number of benzene rings is 1. The number of hydrogen-bond donors (Lipinski definition) is 4. The van der Waals surface area contributed by atoms with E-state index in [1.54, 1.807) is 47.7 Å². The van der Waals surface area contributed by atoms with Gasteiger partial charge in [0.2, 0.25) is 0 Å². The first kappa shape index (κ1) is 18.9. The number of nitrogens with zero attached hydrogens (tertiary/aromatic N) is 2. The van der Waals surface area contributed by atoms with Crippen LogP contribution >= 0.6 is 0 Å². The van der Waals surface area contributed by atoms with Gasteiger partial charge in [-0.3, -0.25) is 4.79 Å². The van der Waals surface area contributed by atoms with Crippen molar-refractivity contribution < 1.29 is 13.2 Å². The lowest BCUT2D eigenvalue weighted by Gasteiger charge is -2.27. The van der Waals surface area contributed by atoms with Crippen LogP contribution in [0.2, 0.25) is 0 Å². The maximum atomic E-state index is 12.9. The third-order valence-electron chi connectivity index (χ3n) is 5.24. The molecule has 1 fully saturated rings. The van der Waals surface area contributed by atoms with Crippen molar-refractivity contribution in [3.05, 3.63) is 53.9 Å². The number of hydrazine groups is 1. The summed E-state index contributed by atoms with van der Waals surface area (Å²) in [5, 5.41) is 8.35. The van der Waals surface area contributed by atoms with Crippen LogP contribution in [0.3, 0.4) is 0 Å². The number of carbonyl (C=O) groups excluding carboxylic acids is 1. The zero-order chi connectivity index (χ0) is 20.7. The smallest absolute Gasteiger partial charge is 0.257 e. The van der Waals surface area contributed by atoms with Crippen molar-refractivity contribution in [2.24, 2.45) is 0 Å². The number of piperazine rings is 1. The van der Waals surface area contributed by atoms with Crippen molar-refractivity contribution in [3.8, 4) is 0 Å². The molecule has 4 N–H and O–H groups in total. The minimum absolute atomic E-state index is 0.172. The largest absolute Gasteiger partial charge is 0.361 e. The van der Waals surface area contributed by atoms with Gasteiger partial charge in [-0.1, -0.05) is 0 Å². The molecule has 10 heteroatoms.